The van der Waals surface area contributed by atoms with E-state index in [0.717, 1.165) is 12.8 Å². The number of carboxylic acid groups (broad SMARTS) is 1. The number of nitrogens with one attached hydrogen (secondary N) is 2. The third kappa shape index (κ3) is 4.69. The Hall–Kier alpha value is -3.15. The van der Waals surface area contributed by atoms with Crippen molar-refractivity contribution in [2.75, 3.05) is 5.32 Å². The zero-order valence-corrected chi connectivity index (χ0v) is 14.2. The molecule has 2 amide bonds. The number of hydrogen-bond acceptors (Lipinski definition) is 3. The molecule has 0 heterocycles. The zero-order chi connectivity index (χ0) is 18.5. The van der Waals surface area contributed by atoms with E-state index in [4.69, 9.17) is 5.11 Å². The van der Waals surface area contributed by atoms with Crippen molar-refractivity contribution in [3.8, 4) is 0 Å². The monoisotopic (exact) mass is 352 g/mol. The van der Waals surface area contributed by atoms with Gasteiger partial charge in [0.2, 0.25) is 5.91 Å². The Balaban J connectivity index is 1.53. The average Bonchev–Trinajstić information content (AvgIpc) is 3.44. The van der Waals surface area contributed by atoms with Crippen LogP contribution in [0.15, 0.2) is 48.5 Å². The summed E-state index contributed by atoms with van der Waals surface area (Å²) >= 11 is 0. The number of aromatic carboxylic acids is 1. The second-order valence-corrected chi connectivity index (χ2v) is 6.34. The van der Waals surface area contributed by atoms with Gasteiger partial charge in [-0.3, -0.25) is 9.59 Å². The minimum absolute atomic E-state index is 0.101. The first-order valence-corrected chi connectivity index (χ1v) is 8.55. The summed E-state index contributed by atoms with van der Waals surface area (Å²) in [5.41, 5.74) is 2.00. The van der Waals surface area contributed by atoms with Gasteiger partial charge in [-0.25, -0.2) is 4.79 Å². The lowest BCUT2D eigenvalue weighted by atomic mass is 10.0. The molecule has 0 atom stereocenters. The third-order valence-corrected chi connectivity index (χ3v) is 4.21. The Morgan fingerprint density at radius 3 is 2.35 bits per heavy atom. The van der Waals surface area contributed by atoms with Crippen LogP contribution in [0.25, 0.3) is 0 Å². The van der Waals surface area contributed by atoms with E-state index in [9.17, 15) is 14.4 Å². The summed E-state index contributed by atoms with van der Waals surface area (Å²) in [6.07, 6.45) is 2.58. The predicted octanol–water partition coefficient (Wildman–Crippen LogP) is 2.85. The summed E-state index contributed by atoms with van der Waals surface area (Å²) in [6.45, 7) is 0. The van der Waals surface area contributed by atoms with Gasteiger partial charge < -0.3 is 15.7 Å². The van der Waals surface area contributed by atoms with Crippen molar-refractivity contribution in [3.05, 3.63) is 65.2 Å². The van der Waals surface area contributed by atoms with Gasteiger partial charge in [-0.1, -0.05) is 18.2 Å². The van der Waals surface area contributed by atoms with E-state index in [-0.39, 0.29) is 23.8 Å². The van der Waals surface area contributed by atoms with Crippen molar-refractivity contribution in [3.63, 3.8) is 0 Å². The molecule has 1 aliphatic carbocycles. The van der Waals surface area contributed by atoms with Crippen LogP contribution in [0.1, 0.15) is 45.5 Å². The number of benzene rings is 2. The Morgan fingerprint density at radius 1 is 1.00 bits per heavy atom. The number of hydrogen-bond donors (Lipinski definition) is 3. The standard InChI is InChI=1S/C20H20N2O4/c23-18(12-7-13-3-1-2-4-17(13)20(25)26)21-15-8-5-14(6-9-15)19(24)22-16-10-11-16/h1-6,8-9,16H,7,10-12H2,(H,21,23)(H,22,24)(H,25,26). The molecule has 0 saturated heterocycles. The smallest absolute Gasteiger partial charge is 0.335 e. The van der Waals surface area contributed by atoms with Gasteiger partial charge in [-0.15, -0.1) is 0 Å². The number of carbonyl (C=O) groups is 3. The van der Waals surface area contributed by atoms with Crippen LogP contribution < -0.4 is 10.6 Å². The molecule has 134 valence electrons. The number of amides is 2. The summed E-state index contributed by atoms with van der Waals surface area (Å²) in [6, 6.07) is 13.7. The quantitative estimate of drug-likeness (QED) is 0.714. The summed E-state index contributed by atoms with van der Waals surface area (Å²) in [5, 5.41) is 14.8. The molecule has 0 bridgehead atoms. The van der Waals surface area contributed by atoms with Gasteiger partial charge in [0.25, 0.3) is 5.91 Å². The second-order valence-electron chi connectivity index (χ2n) is 6.34. The number of rotatable bonds is 7. The highest BCUT2D eigenvalue weighted by atomic mass is 16.4. The second kappa shape index (κ2) is 7.82. The third-order valence-electron chi connectivity index (χ3n) is 4.21. The first-order valence-electron chi connectivity index (χ1n) is 8.55. The van der Waals surface area contributed by atoms with Gasteiger partial charge in [-0.2, -0.15) is 0 Å². The van der Waals surface area contributed by atoms with Gasteiger partial charge in [0.1, 0.15) is 0 Å². The summed E-state index contributed by atoms with van der Waals surface area (Å²) in [4.78, 5) is 35.2. The molecule has 2 aromatic rings. The highest BCUT2D eigenvalue weighted by Crippen LogP contribution is 2.20. The van der Waals surface area contributed by atoms with Crippen LogP contribution in [0.3, 0.4) is 0 Å². The van der Waals surface area contributed by atoms with E-state index in [1.165, 1.54) is 6.07 Å². The molecule has 1 fully saturated rings. The molecule has 6 nitrogen and oxygen atoms in total. The molecule has 1 saturated carbocycles. The summed E-state index contributed by atoms with van der Waals surface area (Å²) < 4.78 is 0. The molecule has 3 N–H and O–H groups in total. The van der Waals surface area contributed by atoms with Crippen molar-refractivity contribution in [2.24, 2.45) is 0 Å². The van der Waals surface area contributed by atoms with Crippen LogP contribution in [0.2, 0.25) is 0 Å². The van der Waals surface area contributed by atoms with Crippen molar-refractivity contribution >= 4 is 23.5 Å². The molecule has 26 heavy (non-hydrogen) atoms. The lowest BCUT2D eigenvalue weighted by Crippen LogP contribution is -2.25. The predicted molar refractivity (Wildman–Crippen MR) is 97.3 cm³/mol. The molecule has 0 aromatic heterocycles. The van der Waals surface area contributed by atoms with E-state index in [0.29, 0.717) is 29.3 Å². The van der Waals surface area contributed by atoms with Gasteiger partial charge in [0.15, 0.2) is 0 Å². The van der Waals surface area contributed by atoms with Gasteiger partial charge >= 0.3 is 5.97 Å². The van der Waals surface area contributed by atoms with Crippen LogP contribution >= 0.6 is 0 Å². The van der Waals surface area contributed by atoms with Crippen LogP contribution in [-0.2, 0) is 11.2 Å². The maximum atomic E-state index is 12.1. The van der Waals surface area contributed by atoms with Crippen molar-refractivity contribution in [2.45, 2.75) is 31.7 Å². The van der Waals surface area contributed by atoms with E-state index in [2.05, 4.69) is 10.6 Å². The lowest BCUT2D eigenvalue weighted by molar-refractivity contribution is -0.116. The fourth-order valence-electron chi connectivity index (χ4n) is 2.62. The van der Waals surface area contributed by atoms with Crippen LogP contribution in [0.4, 0.5) is 5.69 Å². The fourth-order valence-corrected chi connectivity index (χ4v) is 2.62. The molecular formula is C20H20N2O4. The average molecular weight is 352 g/mol. The Morgan fingerprint density at radius 2 is 1.69 bits per heavy atom. The minimum atomic E-state index is -0.999. The Labute approximate surface area is 151 Å². The highest BCUT2D eigenvalue weighted by molar-refractivity contribution is 5.96. The van der Waals surface area contributed by atoms with Crippen molar-refractivity contribution < 1.29 is 19.5 Å². The lowest BCUT2D eigenvalue weighted by Gasteiger charge is -2.08. The number of carbonyl (C=O) groups excluding carboxylic acids is 2. The first kappa shape index (κ1) is 17.7. The van der Waals surface area contributed by atoms with Gasteiger partial charge in [0, 0.05) is 23.7 Å². The number of aryl methyl sites for hydroxylation is 1. The molecule has 2 aromatic carbocycles. The van der Waals surface area contributed by atoms with E-state index < -0.39 is 5.97 Å². The van der Waals surface area contributed by atoms with Gasteiger partial charge in [-0.05, 0) is 55.2 Å². The molecular weight excluding hydrogens is 332 g/mol. The van der Waals surface area contributed by atoms with Crippen molar-refractivity contribution in [1.29, 1.82) is 0 Å². The highest BCUT2D eigenvalue weighted by Gasteiger charge is 2.23. The Bertz CT molecular complexity index is 826. The maximum absolute atomic E-state index is 12.1. The largest absolute Gasteiger partial charge is 0.478 e. The molecule has 6 heteroatoms. The molecule has 0 radical (unpaired) electrons. The maximum Gasteiger partial charge on any atom is 0.335 e. The van der Waals surface area contributed by atoms with Crippen LogP contribution in [0, 0.1) is 0 Å². The fraction of sp³-hybridized carbons (Fsp3) is 0.250. The molecule has 0 unspecified atom stereocenters. The molecule has 1 aliphatic rings. The normalized spacial score (nSPS) is 13.1. The van der Waals surface area contributed by atoms with Crippen molar-refractivity contribution in [1.82, 2.24) is 5.32 Å². The summed E-state index contributed by atoms with van der Waals surface area (Å²) in [5.74, 6) is -1.31. The van der Waals surface area contributed by atoms with Crippen LogP contribution in [0.5, 0.6) is 0 Å². The summed E-state index contributed by atoms with van der Waals surface area (Å²) in [7, 11) is 0. The number of anilines is 1. The molecule has 3 rings (SSSR count). The molecule has 0 spiro atoms. The minimum Gasteiger partial charge on any atom is -0.478 e. The SMILES string of the molecule is O=C(CCc1ccccc1C(=O)O)Nc1ccc(C(=O)NC2CC2)cc1. The van der Waals surface area contributed by atoms with E-state index in [1.54, 1.807) is 42.5 Å². The topological polar surface area (TPSA) is 95.5 Å². The van der Waals surface area contributed by atoms with Crippen LogP contribution in [-0.4, -0.2) is 28.9 Å². The zero-order valence-electron chi connectivity index (χ0n) is 14.2. The molecule has 0 aliphatic heterocycles. The van der Waals surface area contributed by atoms with E-state index >= 15 is 0 Å². The Kier molecular flexibility index (Phi) is 5.31. The van der Waals surface area contributed by atoms with E-state index in [1.807, 2.05) is 0 Å². The first-order chi connectivity index (χ1) is 12.5. The van der Waals surface area contributed by atoms with Gasteiger partial charge in [0.05, 0.1) is 5.56 Å². The number of carboxylic acids is 1.